The summed E-state index contributed by atoms with van der Waals surface area (Å²) in [6.07, 6.45) is 3.74. The number of hydrogen-bond acceptors (Lipinski definition) is 2. The number of nitrogens with one attached hydrogen (secondary N) is 1. The molecule has 0 spiro atoms. The average Bonchev–Trinajstić information content (AvgIpc) is 2.40. The van der Waals surface area contributed by atoms with Crippen LogP contribution >= 0.6 is 0 Å². The molecule has 0 saturated carbocycles. The summed E-state index contributed by atoms with van der Waals surface area (Å²) in [5, 5.41) is 3.57. The lowest BCUT2D eigenvalue weighted by molar-refractivity contribution is 0.431. The molecular formula is C15H24N2. The lowest BCUT2D eigenvalue weighted by atomic mass is 10.0. The van der Waals surface area contributed by atoms with Crippen LogP contribution in [0.5, 0.6) is 0 Å². The van der Waals surface area contributed by atoms with Gasteiger partial charge >= 0.3 is 0 Å². The molecule has 1 aliphatic heterocycles. The Kier molecular flexibility index (Phi) is 4.43. The number of hydrogen-bond donors (Lipinski definition) is 1. The second-order valence-electron chi connectivity index (χ2n) is 4.87. The minimum absolute atomic E-state index is 0.666. The third-order valence-corrected chi connectivity index (χ3v) is 3.60. The molecule has 0 amide bonds. The second kappa shape index (κ2) is 6.06. The van der Waals surface area contributed by atoms with E-state index in [-0.39, 0.29) is 0 Å². The van der Waals surface area contributed by atoms with Crippen LogP contribution in [0.15, 0.2) is 24.3 Å². The molecule has 1 fully saturated rings. The first-order valence-corrected chi connectivity index (χ1v) is 6.90. The molecule has 1 aromatic carbocycles. The highest BCUT2D eigenvalue weighted by Gasteiger charge is 2.19. The Balaban J connectivity index is 2.05. The quantitative estimate of drug-likeness (QED) is 0.858. The fourth-order valence-corrected chi connectivity index (χ4v) is 2.64. The predicted octanol–water partition coefficient (Wildman–Crippen LogP) is 2.83. The van der Waals surface area contributed by atoms with Crippen molar-refractivity contribution in [3.8, 4) is 0 Å². The van der Waals surface area contributed by atoms with E-state index in [1.165, 1.54) is 30.6 Å². The molecule has 1 N–H and O–H groups in total. The van der Waals surface area contributed by atoms with Crippen molar-refractivity contribution in [2.24, 2.45) is 0 Å². The number of rotatable bonds is 4. The zero-order valence-electron chi connectivity index (χ0n) is 11.1. The molecule has 1 saturated heterocycles. The van der Waals surface area contributed by atoms with Crippen LogP contribution in [-0.2, 0) is 6.42 Å². The van der Waals surface area contributed by atoms with Gasteiger partial charge in [-0.15, -0.1) is 0 Å². The molecule has 1 atom stereocenters. The van der Waals surface area contributed by atoms with Crippen LogP contribution in [0.25, 0.3) is 0 Å². The van der Waals surface area contributed by atoms with Gasteiger partial charge in [-0.05, 0) is 43.5 Å². The van der Waals surface area contributed by atoms with Crippen LogP contribution in [0.2, 0.25) is 0 Å². The Morgan fingerprint density at radius 2 is 2.24 bits per heavy atom. The van der Waals surface area contributed by atoms with Crippen LogP contribution in [0.3, 0.4) is 0 Å². The molecule has 0 aromatic heterocycles. The van der Waals surface area contributed by atoms with E-state index in [0.29, 0.717) is 6.04 Å². The molecule has 1 unspecified atom stereocenters. The van der Waals surface area contributed by atoms with Crippen LogP contribution < -0.4 is 10.2 Å². The molecule has 17 heavy (non-hydrogen) atoms. The maximum atomic E-state index is 3.57. The Morgan fingerprint density at radius 3 is 3.00 bits per heavy atom. The van der Waals surface area contributed by atoms with Gasteiger partial charge in [0.25, 0.3) is 0 Å². The van der Waals surface area contributed by atoms with Gasteiger partial charge in [-0.25, -0.2) is 0 Å². The monoisotopic (exact) mass is 232 g/mol. The van der Waals surface area contributed by atoms with Crippen molar-refractivity contribution in [3.05, 3.63) is 29.8 Å². The van der Waals surface area contributed by atoms with E-state index in [4.69, 9.17) is 0 Å². The normalized spacial score (nSPS) is 20.6. The Labute approximate surface area is 105 Å². The number of piperidine rings is 1. The number of nitrogens with zero attached hydrogens (tertiary/aromatic N) is 1. The third-order valence-electron chi connectivity index (χ3n) is 3.60. The van der Waals surface area contributed by atoms with E-state index in [1.807, 2.05) is 0 Å². The highest BCUT2D eigenvalue weighted by atomic mass is 15.2. The van der Waals surface area contributed by atoms with Crippen molar-refractivity contribution in [1.29, 1.82) is 0 Å². The fraction of sp³-hybridized carbons (Fsp3) is 0.600. The first-order valence-electron chi connectivity index (χ1n) is 6.90. The minimum atomic E-state index is 0.666. The summed E-state index contributed by atoms with van der Waals surface area (Å²) >= 11 is 0. The smallest absolute Gasteiger partial charge is 0.0369 e. The van der Waals surface area contributed by atoms with Gasteiger partial charge in [-0.1, -0.05) is 26.0 Å². The van der Waals surface area contributed by atoms with Crippen molar-refractivity contribution >= 4 is 5.69 Å². The van der Waals surface area contributed by atoms with E-state index in [0.717, 1.165) is 19.5 Å². The van der Waals surface area contributed by atoms with Gasteiger partial charge in [0, 0.05) is 24.8 Å². The number of aryl methyl sites for hydroxylation is 1. The summed E-state index contributed by atoms with van der Waals surface area (Å²) < 4.78 is 0. The second-order valence-corrected chi connectivity index (χ2v) is 4.87. The molecule has 94 valence electrons. The summed E-state index contributed by atoms with van der Waals surface area (Å²) in [6.45, 7) is 7.84. The number of likely N-dealkylation sites (N-methyl/N-ethyl adjacent to an activating group) is 1. The highest BCUT2D eigenvalue weighted by Crippen LogP contribution is 2.21. The average molecular weight is 232 g/mol. The zero-order chi connectivity index (χ0) is 12.1. The molecule has 1 aliphatic rings. The van der Waals surface area contributed by atoms with Crippen molar-refractivity contribution in [2.45, 2.75) is 39.2 Å². The minimum Gasteiger partial charge on any atom is -0.370 e. The van der Waals surface area contributed by atoms with Gasteiger partial charge in [0.1, 0.15) is 0 Å². The maximum Gasteiger partial charge on any atom is 0.0369 e. The van der Waals surface area contributed by atoms with E-state index in [2.05, 4.69) is 48.3 Å². The summed E-state index contributed by atoms with van der Waals surface area (Å²) in [5.41, 5.74) is 2.83. The van der Waals surface area contributed by atoms with Gasteiger partial charge in [0.2, 0.25) is 0 Å². The molecule has 1 heterocycles. The summed E-state index contributed by atoms with van der Waals surface area (Å²) in [7, 11) is 0. The zero-order valence-corrected chi connectivity index (χ0v) is 11.1. The molecule has 2 heteroatoms. The SMILES string of the molecule is CCNC1CCCN(c2cccc(CC)c2)C1. The van der Waals surface area contributed by atoms with E-state index >= 15 is 0 Å². The van der Waals surface area contributed by atoms with Gasteiger partial charge in [0.05, 0.1) is 0 Å². The Bertz CT molecular complexity index is 347. The number of benzene rings is 1. The molecule has 2 rings (SSSR count). The summed E-state index contributed by atoms with van der Waals surface area (Å²) in [4.78, 5) is 2.52. The summed E-state index contributed by atoms with van der Waals surface area (Å²) in [5.74, 6) is 0. The molecule has 0 aliphatic carbocycles. The first kappa shape index (κ1) is 12.4. The fourth-order valence-electron chi connectivity index (χ4n) is 2.64. The van der Waals surface area contributed by atoms with Crippen molar-refractivity contribution in [1.82, 2.24) is 5.32 Å². The van der Waals surface area contributed by atoms with Crippen LogP contribution in [0.1, 0.15) is 32.3 Å². The van der Waals surface area contributed by atoms with Crippen LogP contribution in [0.4, 0.5) is 5.69 Å². The molecule has 0 bridgehead atoms. The largest absolute Gasteiger partial charge is 0.370 e. The third kappa shape index (κ3) is 3.22. The Morgan fingerprint density at radius 1 is 1.35 bits per heavy atom. The lowest BCUT2D eigenvalue weighted by Gasteiger charge is -2.35. The van der Waals surface area contributed by atoms with Gasteiger partial charge in [0.15, 0.2) is 0 Å². The van der Waals surface area contributed by atoms with Crippen molar-refractivity contribution in [2.75, 3.05) is 24.5 Å². The van der Waals surface area contributed by atoms with Gasteiger partial charge in [-0.2, -0.15) is 0 Å². The van der Waals surface area contributed by atoms with E-state index in [9.17, 15) is 0 Å². The maximum absolute atomic E-state index is 3.57. The molecular weight excluding hydrogens is 208 g/mol. The predicted molar refractivity (Wildman–Crippen MR) is 74.7 cm³/mol. The van der Waals surface area contributed by atoms with Crippen LogP contribution in [0, 0.1) is 0 Å². The van der Waals surface area contributed by atoms with Gasteiger partial charge in [-0.3, -0.25) is 0 Å². The lowest BCUT2D eigenvalue weighted by Crippen LogP contribution is -2.45. The highest BCUT2D eigenvalue weighted by molar-refractivity contribution is 5.49. The standard InChI is InChI=1S/C15H24N2/c1-3-13-7-5-9-15(11-13)17-10-6-8-14(12-17)16-4-2/h5,7,9,11,14,16H,3-4,6,8,10,12H2,1-2H3. The molecule has 1 aromatic rings. The van der Waals surface area contributed by atoms with Crippen molar-refractivity contribution < 1.29 is 0 Å². The first-order chi connectivity index (χ1) is 8.33. The van der Waals surface area contributed by atoms with E-state index < -0.39 is 0 Å². The topological polar surface area (TPSA) is 15.3 Å². The van der Waals surface area contributed by atoms with E-state index in [1.54, 1.807) is 0 Å². The van der Waals surface area contributed by atoms with Crippen LogP contribution in [-0.4, -0.2) is 25.7 Å². The molecule has 0 radical (unpaired) electrons. The number of anilines is 1. The summed E-state index contributed by atoms with van der Waals surface area (Å²) in [6, 6.07) is 9.65. The van der Waals surface area contributed by atoms with Gasteiger partial charge < -0.3 is 10.2 Å². The Hall–Kier alpha value is -1.02. The molecule has 2 nitrogen and oxygen atoms in total. The van der Waals surface area contributed by atoms with Crippen molar-refractivity contribution in [3.63, 3.8) is 0 Å².